The van der Waals surface area contributed by atoms with Crippen LogP contribution in [0.25, 0.3) is 0 Å². The number of amides is 1. The van der Waals surface area contributed by atoms with Crippen LogP contribution in [0.15, 0.2) is 12.4 Å². The van der Waals surface area contributed by atoms with Gasteiger partial charge in [-0.3, -0.25) is 4.79 Å². The van der Waals surface area contributed by atoms with Crippen molar-refractivity contribution < 1.29 is 9.53 Å². The summed E-state index contributed by atoms with van der Waals surface area (Å²) >= 11 is 0. The van der Waals surface area contributed by atoms with Gasteiger partial charge < -0.3 is 15.4 Å². The summed E-state index contributed by atoms with van der Waals surface area (Å²) in [4.78, 5) is 19.4. The molecule has 0 aromatic carbocycles. The second-order valence-electron chi connectivity index (χ2n) is 4.60. The number of hydrogen-bond acceptors (Lipinski definition) is 5. The highest BCUT2D eigenvalue weighted by Gasteiger charge is 2.13. The number of aromatic nitrogens is 2. The number of nitrogens with one attached hydrogen (secondary N) is 2. The molecule has 0 aliphatic rings. The first-order valence-electron chi connectivity index (χ1n) is 5.31. The Labute approximate surface area is 101 Å². The van der Waals surface area contributed by atoms with E-state index in [2.05, 4.69) is 20.6 Å². The highest BCUT2D eigenvalue weighted by molar-refractivity contribution is 5.81. The molecule has 0 radical (unpaired) electrons. The number of methoxy groups -OCH3 is 1. The molecular formula is C11H18N4O2. The van der Waals surface area contributed by atoms with Gasteiger partial charge in [0.1, 0.15) is 12.1 Å². The Hall–Kier alpha value is -1.85. The molecule has 6 nitrogen and oxygen atoms in total. The average molecular weight is 238 g/mol. The van der Waals surface area contributed by atoms with Gasteiger partial charge in [-0.2, -0.15) is 0 Å². The summed E-state index contributed by atoms with van der Waals surface area (Å²) in [5.74, 6) is 0.926. The maximum absolute atomic E-state index is 11.5. The van der Waals surface area contributed by atoms with Gasteiger partial charge in [0.2, 0.25) is 11.8 Å². The van der Waals surface area contributed by atoms with Crippen molar-refractivity contribution in [3.05, 3.63) is 12.4 Å². The minimum Gasteiger partial charge on any atom is -0.481 e. The van der Waals surface area contributed by atoms with Gasteiger partial charge in [-0.1, -0.05) is 0 Å². The molecule has 0 unspecified atom stereocenters. The standard InChI is InChI=1S/C11H18N4O2/c1-11(2,3)15-9(16)6-12-8-5-10(17-4)14-7-13-8/h5,7H,6H2,1-4H3,(H,15,16)(H,12,13,14). The largest absolute Gasteiger partial charge is 0.481 e. The Kier molecular flexibility index (Phi) is 4.25. The van der Waals surface area contributed by atoms with E-state index >= 15 is 0 Å². The van der Waals surface area contributed by atoms with E-state index in [9.17, 15) is 4.79 Å². The van der Waals surface area contributed by atoms with Gasteiger partial charge in [-0.25, -0.2) is 9.97 Å². The van der Waals surface area contributed by atoms with Gasteiger partial charge in [0, 0.05) is 11.6 Å². The molecule has 6 heteroatoms. The predicted molar refractivity (Wildman–Crippen MR) is 65.0 cm³/mol. The quantitative estimate of drug-likeness (QED) is 0.812. The molecule has 0 aliphatic heterocycles. The van der Waals surface area contributed by atoms with Crippen molar-refractivity contribution in [2.45, 2.75) is 26.3 Å². The van der Waals surface area contributed by atoms with Crippen molar-refractivity contribution in [2.24, 2.45) is 0 Å². The second kappa shape index (κ2) is 5.47. The smallest absolute Gasteiger partial charge is 0.239 e. The molecule has 1 heterocycles. The van der Waals surface area contributed by atoms with Crippen molar-refractivity contribution in [3.63, 3.8) is 0 Å². The van der Waals surface area contributed by atoms with E-state index in [0.717, 1.165) is 0 Å². The number of carbonyl (C=O) groups is 1. The lowest BCUT2D eigenvalue weighted by molar-refractivity contribution is -0.120. The molecule has 0 spiro atoms. The second-order valence-corrected chi connectivity index (χ2v) is 4.60. The first kappa shape index (κ1) is 13.2. The number of carbonyl (C=O) groups excluding carboxylic acids is 1. The monoisotopic (exact) mass is 238 g/mol. The minimum atomic E-state index is -0.234. The molecule has 0 aliphatic carbocycles. The topological polar surface area (TPSA) is 76.1 Å². The van der Waals surface area contributed by atoms with Crippen LogP contribution >= 0.6 is 0 Å². The molecule has 0 fully saturated rings. The summed E-state index contributed by atoms with van der Waals surface area (Å²) in [6.45, 7) is 5.95. The third-order valence-corrected chi connectivity index (χ3v) is 1.80. The molecule has 17 heavy (non-hydrogen) atoms. The summed E-state index contributed by atoms with van der Waals surface area (Å²) in [5.41, 5.74) is -0.234. The van der Waals surface area contributed by atoms with Crippen LogP contribution in [0.1, 0.15) is 20.8 Å². The lowest BCUT2D eigenvalue weighted by Gasteiger charge is -2.20. The van der Waals surface area contributed by atoms with Crippen LogP contribution < -0.4 is 15.4 Å². The molecular weight excluding hydrogens is 220 g/mol. The maximum atomic E-state index is 11.5. The average Bonchev–Trinajstić information content (AvgIpc) is 2.24. The van der Waals surface area contributed by atoms with Gasteiger partial charge >= 0.3 is 0 Å². The fraction of sp³-hybridized carbons (Fsp3) is 0.545. The number of anilines is 1. The lowest BCUT2D eigenvalue weighted by atomic mass is 10.1. The van der Waals surface area contributed by atoms with Crippen LogP contribution in [0, 0.1) is 0 Å². The highest BCUT2D eigenvalue weighted by atomic mass is 16.5. The van der Waals surface area contributed by atoms with Gasteiger partial charge in [0.25, 0.3) is 0 Å². The van der Waals surface area contributed by atoms with Crippen molar-refractivity contribution in [1.82, 2.24) is 15.3 Å². The molecule has 0 saturated carbocycles. The normalized spacial score (nSPS) is 10.8. The molecule has 1 rings (SSSR count). The minimum absolute atomic E-state index is 0.0879. The number of ether oxygens (including phenoxy) is 1. The molecule has 0 saturated heterocycles. The van der Waals surface area contributed by atoms with E-state index in [1.807, 2.05) is 20.8 Å². The zero-order valence-corrected chi connectivity index (χ0v) is 10.6. The molecule has 1 aromatic rings. The lowest BCUT2D eigenvalue weighted by Crippen LogP contribution is -2.43. The molecule has 2 N–H and O–H groups in total. The SMILES string of the molecule is COc1cc(NCC(=O)NC(C)(C)C)ncn1. The Morgan fingerprint density at radius 1 is 1.41 bits per heavy atom. The van der Waals surface area contributed by atoms with Gasteiger partial charge in [0.05, 0.1) is 13.7 Å². The first-order chi connectivity index (χ1) is 7.90. The predicted octanol–water partition coefficient (Wildman–Crippen LogP) is 0.812. The van der Waals surface area contributed by atoms with Gasteiger partial charge in [-0.15, -0.1) is 0 Å². The fourth-order valence-corrected chi connectivity index (χ4v) is 1.18. The molecule has 1 amide bonds. The maximum Gasteiger partial charge on any atom is 0.239 e. The van der Waals surface area contributed by atoms with E-state index in [4.69, 9.17) is 4.74 Å². The molecule has 0 bridgehead atoms. The number of nitrogens with zero attached hydrogens (tertiary/aromatic N) is 2. The van der Waals surface area contributed by atoms with Crippen molar-refractivity contribution in [2.75, 3.05) is 19.0 Å². The molecule has 0 atom stereocenters. The van der Waals surface area contributed by atoms with Crippen molar-refractivity contribution >= 4 is 11.7 Å². The summed E-state index contributed by atoms with van der Waals surface area (Å²) in [7, 11) is 1.53. The summed E-state index contributed by atoms with van der Waals surface area (Å²) in [6.07, 6.45) is 1.38. The zero-order chi connectivity index (χ0) is 12.9. The first-order valence-corrected chi connectivity index (χ1v) is 5.31. The highest BCUT2D eigenvalue weighted by Crippen LogP contribution is 2.09. The van der Waals surface area contributed by atoms with Gasteiger partial charge in [0.15, 0.2) is 0 Å². The summed E-state index contributed by atoms with van der Waals surface area (Å²) in [5, 5.41) is 5.74. The van der Waals surface area contributed by atoms with Crippen molar-refractivity contribution in [1.29, 1.82) is 0 Å². The van der Waals surface area contributed by atoms with Crippen LogP contribution in [0.4, 0.5) is 5.82 Å². The summed E-state index contributed by atoms with van der Waals surface area (Å²) < 4.78 is 4.95. The fourth-order valence-electron chi connectivity index (χ4n) is 1.18. The van der Waals surface area contributed by atoms with Crippen LogP contribution in [-0.4, -0.2) is 35.1 Å². The number of rotatable bonds is 4. The van der Waals surface area contributed by atoms with Gasteiger partial charge in [-0.05, 0) is 20.8 Å². The Morgan fingerprint density at radius 2 is 2.12 bits per heavy atom. The van der Waals surface area contributed by atoms with E-state index in [1.165, 1.54) is 13.4 Å². The van der Waals surface area contributed by atoms with E-state index in [-0.39, 0.29) is 18.0 Å². The molecule has 94 valence electrons. The third-order valence-electron chi connectivity index (χ3n) is 1.80. The number of hydrogen-bond donors (Lipinski definition) is 2. The van der Waals surface area contributed by atoms with E-state index < -0.39 is 0 Å². The van der Waals surface area contributed by atoms with Crippen LogP contribution in [0.5, 0.6) is 5.88 Å². The van der Waals surface area contributed by atoms with Crippen LogP contribution in [0.3, 0.4) is 0 Å². The Bertz CT molecular complexity index is 387. The summed E-state index contributed by atoms with van der Waals surface area (Å²) in [6, 6.07) is 1.63. The van der Waals surface area contributed by atoms with Crippen LogP contribution in [-0.2, 0) is 4.79 Å². The van der Waals surface area contributed by atoms with Crippen molar-refractivity contribution in [3.8, 4) is 5.88 Å². The third kappa shape index (κ3) is 5.14. The van der Waals surface area contributed by atoms with E-state index in [1.54, 1.807) is 6.07 Å². The zero-order valence-electron chi connectivity index (χ0n) is 10.6. The Balaban J connectivity index is 2.47. The molecule has 1 aromatic heterocycles. The Morgan fingerprint density at radius 3 is 2.71 bits per heavy atom. The van der Waals surface area contributed by atoms with E-state index in [0.29, 0.717) is 11.7 Å². The van der Waals surface area contributed by atoms with Crippen LogP contribution in [0.2, 0.25) is 0 Å².